The number of fused-ring (bicyclic) bond motifs is 10. The third-order valence-electron chi connectivity index (χ3n) is 21.2. The summed E-state index contributed by atoms with van der Waals surface area (Å²) in [5.74, 6) is 0. The van der Waals surface area contributed by atoms with Crippen molar-refractivity contribution in [3.05, 3.63) is 375 Å². The second-order valence-corrected chi connectivity index (χ2v) is 27.1. The molecule has 0 saturated carbocycles. The summed E-state index contributed by atoms with van der Waals surface area (Å²) >= 11 is 0. The van der Waals surface area contributed by atoms with E-state index in [2.05, 4.69) is 387 Å². The molecule has 1 heterocycles. The standard InChI is InChI=1S/C97H66N2/c1-97(2)92-37-16-15-33-86(92)87-53-51-79(62-93(87)97)98(77-47-40-64(41-48-77)63-20-5-3-6-21-63)78-49-42-65(43-50-78)70-45-54-94-90(59-70)91-60-71(46-55-95(91)99(94)76-28-7-4-8-29-76)73-56-74(84-35-18-26-67-23-10-13-31-81(67)84)58-75(57-73)96-88(85-36-19-27-68-24-11-14-32-82(68)85)52-44-69-38-39-72(61-89(69)96)83-34-17-25-66-22-9-12-30-80(66)83/h3-62H,1-2H3. The number of aromatic nitrogens is 1. The van der Waals surface area contributed by atoms with E-state index in [1.165, 1.54) is 121 Å². The highest BCUT2D eigenvalue weighted by molar-refractivity contribution is 6.14. The second kappa shape index (κ2) is 23.3. The van der Waals surface area contributed by atoms with E-state index in [1.807, 2.05) is 0 Å². The van der Waals surface area contributed by atoms with Crippen LogP contribution >= 0.6 is 0 Å². The number of nitrogens with zero attached hydrogens (tertiary/aromatic N) is 2. The van der Waals surface area contributed by atoms with E-state index in [-0.39, 0.29) is 5.41 Å². The first-order valence-corrected chi connectivity index (χ1v) is 34.4. The minimum absolute atomic E-state index is 0.146. The summed E-state index contributed by atoms with van der Waals surface area (Å²) in [5, 5.41) is 12.1. The highest BCUT2D eigenvalue weighted by Crippen LogP contribution is 2.52. The van der Waals surface area contributed by atoms with Gasteiger partial charge in [-0.05, 0) is 240 Å². The Balaban J connectivity index is 0.787. The minimum atomic E-state index is -0.146. The fourth-order valence-corrected chi connectivity index (χ4v) is 16.3. The molecule has 1 aliphatic carbocycles. The van der Waals surface area contributed by atoms with Crippen LogP contribution in [0.25, 0.3) is 160 Å². The quantitative estimate of drug-likeness (QED) is 0.125. The van der Waals surface area contributed by atoms with Crippen LogP contribution in [0.5, 0.6) is 0 Å². The van der Waals surface area contributed by atoms with Gasteiger partial charge in [-0.2, -0.15) is 0 Å². The van der Waals surface area contributed by atoms with E-state index >= 15 is 0 Å². The number of hydrogen-bond donors (Lipinski definition) is 0. The van der Waals surface area contributed by atoms with Crippen LogP contribution in [-0.2, 0) is 5.41 Å². The van der Waals surface area contributed by atoms with Crippen molar-refractivity contribution in [2.24, 2.45) is 0 Å². The van der Waals surface area contributed by atoms with Crippen LogP contribution in [0.3, 0.4) is 0 Å². The van der Waals surface area contributed by atoms with Gasteiger partial charge >= 0.3 is 0 Å². The number of benzene rings is 17. The largest absolute Gasteiger partial charge is 0.310 e. The van der Waals surface area contributed by atoms with Gasteiger partial charge in [0.2, 0.25) is 0 Å². The highest BCUT2D eigenvalue weighted by Gasteiger charge is 2.36. The maximum atomic E-state index is 2.47. The molecule has 0 unspecified atom stereocenters. The highest BCUT2D eigenvalue weighted by atomic mass is 15.1. The Morgan fingerprint density at radius 1 is 0.222 bits per heavy atom. The van der Waals surface area contributed by atoms with E-state index in [0.717, 1.165) is 67.2 Å². The maximum Gasteiger partial charge on any atom is 0.0541 e. The smallest absolute Gasteiger partial charge is 0.0541 e. The first-order chi connectivity index (χ1) is 48.8. The van der Waals surface area contributed by atoms with Gasteiger partial charge in [-0.15, -0.1) is 0 Å². The van der Waals surface area contributed by atoms with Crippen molar-refractivity contribution in [2.45, 2.75) is 19.3 Å². The molecule has 0 spiro atoms. The van der Waals surface area contributed by atoms with Crippen molar-refractivity contribution >= 4 is 82.0 Å². The average Bonchev–Trinajstić information content (AvgIpc) is 1.75. The van der Waals surface area contributed by atoms with Gasteiger partial charge in [-0.3, -0.25) is 0 Å². The van der Waals surface area contributed by atoms with Crippen LogP contribution in [-0.4, -0.2) is 4.57 Å². The van der Waals surface area contributed by atoms with Crippen LogP contribution in [0.4, 0.5) is 17.1 Å². The summed E-state index contributed by atoms with van der Waals surface area (Å²) in [6.45, 7) is 4.73. The Kier molecular flexibility index (Phi) is 13.6. The zero-order valence-corrected chi connectivity index (χ0v) is 55.0. The fourth-order valence-electron chi connectivity index (χ4n) is 16.3. The Labute approximate surface area is 576 Å². The SMILES string of the molecule is CC1(C)c2ccccc2-c2ccc(N(c3ccc(-c4ccccc4)cc3)c3ccc(-c4ccc5c(c4)c4cc(-c6cc(-c7cccc8ccccc78)cc(-c7c(-c8cccc9ccccc89)ccc8ccc(-c9cccc%10ccccc9%10)cc78)c6)ccc4n5-c4ccccc4)cc3)cc21. The summed E-state index contributed by atoms with van der Waals surface area (Å²) in [6.07, 6.45) is 0. The lowest BCUT2D eigenvalue weighted by Gasteiger charge is -2.28. The van der Waals surface area contributed by atoms with Crippen molar-refractivity contribution in [3.8, 4) is 94.7 Å². The molecule has 19 rings (SSSR count). The van der Waals surface area contributed by atoms with Gasteiger partial charge in [0.1, 0.15) is 0 Å². The Hall–Kier alpha value is -12.6. The van der Waals surface area contributed by atoms with Crippen molar-refractivity contribution < 1.29 is 0 Å². The average molecular weight is 1260 g/mol. The monoisotopic (exact) mass is 1260 g/mol. The van der Waals surface area contributed by atoms with E-state index < -0.39 is 0 Å². The lowest BCUT2D eigenvalue weighted by molar-refractivity contribution is 0.660. The van der Waals surface area contributed by atoms with Gasteiger partial charge in [0, 0.05) is 38.9 Å². The number of rotatable bonds is 11. The maximum absolute atomic E-state index is 2.47. The van der Waals surface area contributed by atoms with Crippen LogP contribution < -0.4 is 4.90 Å². The molecule has 0 fully saturated rings. The van der Waals surface area contributed by atoms with Crippen molar-refractivity contribution in [1.82, 2.24) is 4.57 Å². The lowest BCUT2D eigenvalue weighted by atomic mass is 9.82. The van der Waals surface area contributed by atoms with E-state index in [9.17, 15) is 0 Å². The summed E-state index contributed by atoms with van der Waals surface area (Å²) in [4.78, 5) is 2.42. The van der Waals surface area contributed by atoms with Crippen LogP contribution in [0, 0.1) is 0 Å². The molecule has 99 heavy (non-hydrogen) atoms. The van der Waals surface area contributed by atoms with Crippen LogP contribution in [0.2, 0.25) is 0 Å². The molecular formula is C97H66N2. The molecule has 0 N–H and O–H groups in total. The van der Waals surface area contributed by atoms with E-state index in [4.69, 9.17) is 0 Å². The second-order valence-electron chi connectivity index (χ2n) is 27.1. The molecule has 2 nitrogen and oxygen atoms in total. The van der Waals surface area contributed by atoms with Gasteiger partial charge in [0.25, 0.3) is 0 Å². The third-order valence-corrected chi connectivity index (χ3v) is 21.2. The molecule has 0 bridgehead atoms. The minimum Gasteiger partial charge on any atom is -0.310 e. The molecule has 0 aliphatic heterocycles. The molecule has 0 radical (unpaired) electrons. The molecule has 17 aromatic carbocycles. The summed E-state index contributed by atoms with van der Waals surface area (Å²) in [7, 11) is 0. The number of anilines is 3. The molecule has 1 aliphatic rings. The molecule has 0 saturated heterocycles. The first kappa shape index (κ1) is 57.8. The van der Waals surface area contributed by atoms with Crippen molar-refractivity contribution in [3.63, 3.8) is 0 Å². The molecule has 0 atom stereocenters. The van der Waals surface area contributed by atoms with Gasteiger partial charge in [-0.25, -0.2) is 0 Å². The van der Waals surface area contributed by atoms with E-state index in [0.29, 0.717) is 0 Å². The normalized spacial score (nSPS) is 12.4. The summed E-state index contributed by atoms with van der Waals surface area (Å²) in [5.41, 5.74) is 28.5. The Bertz CT molecular complexity index is 6210. The van der Waals surface area contributed by atoms with Gasteiger partial charge in [0.15, 0.2) is 0 Å². The Morgan fingerprint density at radius 2 is 0.636 bits per heavy atom. The molecule has 18 aromatic rings. The molecule has 464 valence electrons. The zero-order valence-electron chi connectivity index (χ0n) is 55.0. The van der Waals surface area contributed by atoms with Crippen LogP contribution in [0.1, 0.15) is 25.0 Å². The van der Waals surface area contributed by atoms with Gasteiger partial charge in [0.05, 0.1) is 11.0 Å². The number of hydrogen-bond acceptors (Lipinski definition) is 1. The number of para-hydroxylation sites is 1. The Morgan fingerprint density at radius 3 is 1.28 bits per heavy atom. The fraction of sp³-hybridized carbons (Fsp3) is 0.0309. The summed E-state index contributed by atoms with van der Waals surface area (Å²) < 4.78 is 2.44. The molecule has 0 amide bonds. The van der Waals surface area contributed by atoms with E-state index in [1.54, 1.807) is 0 Å². The van der Waals surface area contributed by atoms with Crippen molar-refractivity contribution in [2.75, 3.05) is 4.90 Å². The predicted octanol–water partition coefficient (Wildman–Crippen LogP) is 26.8. The molecule has 1 aromatic heterocycles. The lowest BCUT2D eigenvalue weighted by Crippen LogP contribution is -2.16. The molecule has 2 heteroatoms. The topological polar surface area (TPSA) is 8.17 Å². The van der Waals surface area contributed by atoms with Gasteiger partial charge < -0.3 is 9.47 Å². The predicted molar refractivity (Wildman–Crippen MR) is 421 cm³/mol. The van der Waals surface area contributed by atoms with Gasteiger partial charge in [-0.1, -0.05) is 281 Å². The first-order valence-electron chi connectivity index (χ1n) is 34.4. The zero-order chi connectivity index (χ0) is 65.7. The third kappa shape index (κ3) is 9.78. The molecular weight excluding hydrogens is 1190 g/mol. The van der Waals surface area contributed by atoms with Crippen molar-refractivity contribution in [1.29, 1.82) is 0 Å². The van der Waals surface area contributed by atoms with Crippen LogP contribution in [0.15, 0.2) is 364 Å². The summed E-state index contributed by atoms with van der Waals surface area (Å²) in [6, 6.07) is 136.